The number of carbonyl (C=O) groups excluding carboxylic acids is 1. The summed E-state index contributed by atoms with van der Waals surface area (Å²) >= 11 is 0. The predicted molar refractivity (Wildman–Crippen MR) is 102 cm³/mol. The van der Waals surface area contributed by atoms with Crippen molar-refractivity contribution in [3.8, 4) is 17.2 Å². The number of methoxy groups -OCH3 is 3. The van der Waals surface area contributed by atoms with Crippen molar-refractivity contribution in [3.05, 3.63) is 54.4 Å². The fraction of sp³-hybridized carbons (Fsp3) is 0.211. The summed E-state index contributed by atoms with van der Waals surface area (Å²) in [6, 6.07) is 8.46. The van der Waals surface area contributed by atoms with E-state index in [1.807, 2.05) is 6.07 Å². The minimum atomic E-state index is -0.405. The van der Waals surface area contributed by atoms with Crippen LogP contribution in [0.5, 0.6) is 17.2 Å². The molecule has 1 aromatic carbocycles. The van der Waals surface area contributed by atoms with Gasteiger partial charge in [0.15, 0.2) is 11.5 Å². The number of hydrogen-bond donors (Lipinski definition) is 2. The van der Waals surface area contributed by atoms with E-state index in [4.69, 9.17) is 18.6 Å². The zero-order chi connectivity index (χ0) is 19.9. The highest BCUT2D eigenvalue weighted by molar-refractivity contribution is 6.03. The Morgan fingerprint density at radius 3 is 2.43 bits per heavy atom. The average Bonchev–Trinajstić information content (AvgIpc) is 3.25. The van der Waals surface area contributed by atoms with Crippen molar-refractivity contribution < 1.29 is 23.4 Å². The Morgan fingerprint density at radius 1 is 1.07 bits per heavy atom. The Hall–Kier alpha value is -3.75. The molecule has 3 aromatic rings. The molecule has 0 aliphatic heterocycles. The van der Waals surface area contributed by atoms with Gasteiger partial charge in [0.1, 0.15) is 23.6 Å². The van der Waals surface area contributed by atoms with E-state index in [0.717, 1.165) is 5.76 Å². The number of nitrogens with zero attached hydrogens (tertiary/aromatic N) is 2. The van der Waals surface area contributed by atoms with Gasteiger partial charge in [0.2, 0.25) is 5.75 Å². The van der Waals surface area contributed by atoms with E-state index < -0.39 is 5.91 Å². The van der Waals surface area contributed by atoms with Crippen molar-refractivity contribution in [3.63, 3.8) is 0 Å². The highest BCUT2D eigenvalue weighted by atomic mass is 16.5. The SMILES string of the molecule is COc1cc(NC(=O)c2cc(NCc3ccco3)ncn2)cc(OC)c1OC. The van der Waals surface area contributed by atoms with Crippen LogP contribution in [0.25, 0.3) is 0 Å². The van der Waals surface area contributed by atoms with Gasteiger partial charge in [-0.15, -0.1) is 0 Å². The topological polar surface area (TPSA) is 108 Å². The van der Waals surface area contributed by atoms with Gasteiger partial charge < -0.3 is 29.3 Å². The van der Waals surface area contributed by atoms with Crippen molar-refractivity contribution in [1.82, 2.24) is 9.97 Å². The molecule has 0 unspecified atom stereocenters. The number of carbonyl (C=O) groups is 1. The van der Waals surface area contributed by atoms with Gasteiger partial charge in [0, 0.05) is 23.9 Å². The molecule has 0 saturated carbocycles. The number of hydrogen-bond acceptors (Lipinski definition) is 8. The van der Waals surface area contributed by atoms with Crippen LogP contribution in [0.1, 0.15) is 16.2 Å². The van der Waals surface area contributed by atoms with Gasteiger partial charge in [-0.25, -0.2) is 9.97 Å². The lowest BCUT2D eigenvalue weighted by atomic mass is 10.2. The fourth-order valence-corrected chi connectivity index (χ4v) is 2.52. The third-order valence-electron chi connectivity index (χ3n) is 3.85. The zero-order valence-electron chi connectivity index (χ0n) is 15.7. The third kappa shape index (κ3) is 4.32. The van der Waals surface area contributed by atoms with Crippen LogP contribution in [0.2, 0.25) is 0 Å². The first kappa shape index (κ1) is 19.0. The lowest BCUT2D eigenvalue weighted by molar-refractivity contribution is 0.102. The summed E-state index contributed by atoms with van der Waals surface area (Å²) in [7, 11) is 4.52. The number of rotatable bonds is 8. The summed E-state index contributed by atoms with van der Waals surface area (Å²) < 4.78 is 21.1. The van der Waals surface area contributed by atoms with Gasteiger partial charge in [-0.2, -0.15) is 0 Å². The quantitative estimate of drug-likeness (QED) is 0.610. The molecular formula is C19H20N4O5. The molecule has 0 atom stereocenters. The lowest BCUT2D eigenvalue weighted by Crippen LogP contribution is -2.15. The summed E-state index contributed by atoms with van der Waals surface area (Å²) in [6.07, 6.45) is 2.90. The van der Waals surface area contributed by atoms with Crippen molar-refractivity contribution in [2.75, 3.05) is 32.0 Å². The summed E-state index contributed by atoms with van der Waals surface area (Å²) in [5.41, 5.74) is 0.675. The molecule has 3 rings (SSSR count). The second-order valence-corrected chi connectivity index (χ2v) is 5.59. The maximum atomic E-state index is 12.6. The first-order valence-corrected chi connectivity index (χ1v) is 8.34. The minimum absolute atomic E-state index is 0.200. The van der Waals surface area contributed by atoms with Crippen LogP contribution in [0.4, 0.5) is 11.5 Å². The second-order valence-electron chi connectivity index (χ2n) is 5.59. The minimum Gasteiger partial charge on any atom is -0.493 e. The number of amides is 1. The fourth-order valence-electron chi connectivity index (χ4n) is 2.52. The van der Waals surface area contributed by atoms with E-state index in [1.54, 1.807) is 30.5 Å². The molecule has 1 amide bonds. The maximum Gasteiger partial charge on any atom is 0.274 e. The molecule has 0 aliphatic carbocycles. The van der Waals surface area contributed by atoms with Crippen LogP contribution in [0, 0.1) is 0 Å². The predicted octanol–water partition coefficient (Wildman–Crippen LogP) is 2.96. The lowest BCUT2D eigenvalue weighted by Gasteiger charge is -2.14. The highest BCUT2D eigenvalue weighted by Gasteiger charge is 2.16. The largest absolute Gasteiger partial charge is 0.493 e. The summed E-state index contributed by atoms with van der Waals surface area (Å²) in [4.78, 5) is 20.7. The van der Waals surface area contributed by atoms with E-state index in [2.05, 4.69) is 20.6 Å². The van der Waals surface area contributed by atoms with Crippen molar-refractivity contribution >= 4 is 17.4 Å². The van der Waals surface area contributed by atoms with Crippen LogP contribution in [-0.4, -0.2) is 37.2 Å². The molecule has 9 heteroatoms. The molecule has 9 nitrogen and oxygen atoms in total. The van der Waals surface area contributed by atoms with E-state index in [0.29, 0.717) is 35.3 Å². The molecule has 2 N–H and O–H groups in total. The van der Waals surface area contributed by atoms with Crippen molar-refractivity contribution in [2.45, 2.75) is 6.54 Å². The van der Waals surface area contributed by atoms with E-state index in [-0.39, 0.29) is 5.69 Å². The number of benzene rings is 1. The number of aromatic nitrogens is 2. The normalized spacial score (nSPS) is 10.2. The van der Waals surface area contributed by atoms with E-state index in [1.165, 1.54) is 27.7 Å². The van der Waals surface area contributed by atoms with Gasteiger partial charge >= 0.3 is 0 Å². The molecule has 2 aromatic heterocycles. The Morgan fingerprint density at radius 2 is 1.82 bits per heavy atom. The molecular weight excluding hydrogens is 364 g/mol. The Balaban J connectivity index is 1.75. The van der Waals surface area contributed by atoms with E-state index >= 15 is 0 Å². The van der Waals surface area contributed by atoms with Gasteiger partial charge in [0.05, 0.1) is 34.1 Å². The second kappa shape index (κ2) is 8.76. The molecule has 0 fully saturated rings. The maximum absolute atomic E-state index is 12.6. The van der Waals surface area contributed by atoms with Crippen molar-refractivity contribution in [2.24, 2.45) is 0 Å². The monoisotopic (exact) mass is 384 g/mol. The Labute approximate surface area is 161 Å². The van der Waals surface area contributed by atoms with E-state index in [9.17, 15) is 4.79 Å². The van der Waals surface area contributed by atoms with Gasteiger partial charge in [-0.05, 0) is 12.1 Å². The zero-order valence-corrected chi connectivity index (χ0v) is 15.7. The standard InChI is InChI=1S/C19H20N4O5/c1-25-15-7-12(8-16(26-2)18(15)27-3)23-19(24)14-9-17(22-11-21-14)20-10-13-5-4-6-28-13/h4-9,11H,10H2,1-3H3,(H,23,24)(H,20,21,22). The van der Waals surface area contributed by atoms with Crippen LogP contribution >= 0.6 is 0 Å². The third-order valence-corrected chi connectivity index (χ3v) is 3.85. The Bertz CT molecular complexity index is 918. The van der Waals surface area contributed by atoms with Gasteiger partial charge in [-0.3, -0.25) is 4.79 Å². The summed E-state index contributed by atoms with van der Waals surface area (Å²) in [5.74, 6) is 2.15. The molecule has 0 spiro atoms. The van der Waals surface area contributed by atoms with Gasteiger partial charge in [-0.1, -0.05) is 0 Å². The molecule has 28 heavy (non-hydrogen) atoms. The van der Waals surface area contributed by atoms with Crippen LogP contribution in [0.15, 0.2) is 47.3 Å². The average molecular weight is 384 g/mol. The molecule has 0 radical (unpaired) electrons. The first-order chi connectivity index (χ1) is 13.6. The van der Waals surface area contributed by atoms with Gasteiger partial charge in [0.25, 0.3) is 5.91 Å². The smallest absolute Gasteiger partial charge is 0.274 e. The summed E-state index contributed by atoms with van der Waals surface area (Å²) in [5, 5.41) is 5.84. The Kier molecular flexibility index (Phi) is 5.95. The number of ether oxygens (including phenoxy) is 3. The summed E-state index contributed by atoms with van der Waals surface area (Å²) in [6.45, 7) is 0.442. The molecule has 146 valence electrons. The number of furan rings is 1. The number of anilines is 2. The highest BCUT2D eigenvalue weighted by Crippen LogP contribution is 2.40. The molecule has 2 heterocycles. The van der Waals surface area contributed by atoms with Crippen molar-refractivity contribution in [1.29, 1.82) is 0 Å². The number of nitrogens with one attached hydrogen (secondary N) is 2. The van der Waals surface area contributed by atoms with Crippen LogP contribution in [0.3, 0.4) is 0 Å². The molecule has 0 aliphatic rings. The van der Waals surface area contributed by atoms with Crippen LogP contribution < -0.4 is 24.8 Å². The van der Waals surface area contributed by atoms with Crippen LogP contribution in [-0.2, 0) is 6.54 Å². The first-order valence-electron chi connectivity index (χ1n) is 8.34. The molecule has 0 bridgehead atoms. The molecule has 0 saturated heterocycles.